The Morgan fingerprint density at radius 1 is 1.37 bits per heavy atom. The van der Waals surface area contributed by atoms with E-state index in [4.69, 9.17) is 0 Å². The molecule has 0 aromatic rings. The largest absolute Gasteiger partial charge is 0.389 e. The van der Waals surface area contributed by atoms with E-state index >= 15 is 0 Å². The van der Waals surface area contributed by atoms with Crippen LogP contribution in [0, 0.1) is 5.92 Å². The molecular formula is C15H30N2O2. The van der Waals surface area contributed by atoms with Crippen molar-refractivity contribution in [2.45, 2.75) is 70.9 Å². The van der Waals surface area contributed by atoms with Crippen molar-refractivity contribution in [1.82, 2.24) is 10.6 Å². The first-order chi connectivity index (χ1) is 8.99. The first-order valence-corrected chi connectivity index (χ1v) is 7.71. The minimum Gasteiger partial charge on any atom is -0.389 e. The number of carbonyl (C=O) groups is 1. The summed E-state index contributed by atoms with van der Waals surface area (Å²) >= 11 is 0. The van der Waals surface area contributed by atoms with Gasteiger partial charge in [0.15, 0.2) is 0 Å². The molecule has 1 amide bonds. The second-order valence-electron chi connectivity index (χ2n) is 6.06. The van der Waals surface area contributed by atoms with Crippen molar-refractivity contribution in [1.29, 1.82) is 0 Å². The number of carbonyl (C=O) groups excluding carboxylic acids is 1. The standard InChI is InChI=1S/C15H30N2O2/c1-4-12(3)17-14(18)10-16-11-15(19)8-6-13(5-2)7-9-15/h12-13,16,19H,4-11H2,1-3H3,(H,17,18). The lowest BCUT2D eigenvalue weighted by atomic mass is 9.78. The monoisotopic (exact) mass is 270 g/mol. The maximum Gasteiger partial charge on any atom is 0.234 e. The molecule has 0 aromatic carbocycles. The molecule has 3 N–H and O–H groups in total. The summed E-state index contributed by atoms with van der Waals surface area (Å²) in [6.45, 7) is 7.08. The Bertz CT molecular complexity index is 273. The number of hydrogen-bond acceptors (Lipinski definition) is 3. The number of aliphatic hydroxyl groups is 1. The molecule has 0 spiro atoms. The third kappa shape index (κ3) is 5.91. The molecule has 1 fully saturated rings. The minimum atomic E-state index is -0.609. The van der Waals surface area contributed by atoms with Crippen LogP contribution in [0.15, 0.2) is 0 Å². The molecule has 1 unspecified atom stereocenters. The second kappa shape index (κ2) is 7.85. The van der Waals surface area contributed by atoms with E-state index in [2.05, 4.69) is 17.6 Å². The first kappa shape index (κ1) is 16.4. The Kier molecular flexibility index (Phi) is 6.80. The van der Waals surface area contributed by atoms with Gasteiger partial charge < -0.3 is 15.7 Å². The molecule has 0 saturated heterocycles. The van der Waals surface area contributed by atoms with Crippen LogP contribution in [0.1, 0.15) is 59.3 Å². The molecule has 0 aliphatic heterocycles. The third-order valence-electron chi connectivity index (χ3n) is 4.37. The van der Waals surface area contributed by atoms with Gasteiger partial charge in [0.25, 0.3) is 0 Å². The van der Waals surface area contributed by atoms with Gasteiger partial charge in [0.1, 0.15) is 0 Å². The zero-order chi connectivity index (χ0) is 14.3. The van der Waals surface area contributed by atoms with Gasteiger partial charge in [0.2, 0.25) is 5.91 Å². The summed E-state index contributed by atoms with van der Waals surface area (Å²) in [6.07, 6.45) is 6.06. The van der Waals surface area contributed by atoms with Crippen LogP contribution in [0.2, 0.25) is 0 Å². The minimum absolute atomic E-state index is 0.0141. The number of amides is 1. The summed E-state index contributed by atoms with van der Waals surface area (Å²) in [5.74, 6) is 0.786. The molecule has 0 bridgehead atoms. The van der Waals surface area contributed by atoms with Crippen molar-refractivity contribution in [3.8, 4) is 0 Å². The molecule has 1 aliphatic carbocycles. The smallest absolute Gasteiger partial charge is 0.234 e. The lowest BCUT2D eigenvalue weighted by molar-refractivity contribution is -0.121. The molecule has 0 aromatic heterocycles. The Hall–Kier alpha value is -0.610. The van der Waals surface area contributed by atoms with Crippen molar-refractivity contribution in [2.24, 2.45) is 5.92 Å². The van der Waals surface area contributed by atoms with Crippen molar-refractivity contribution in [2.75, 3.05) is 13.1 Å². The van der Waals surface area contributed by atoms with Gasteiger partial charge in [-0.3, -0.25) is 4.79 Å². The molecule has 112 valence electrons. The second-order valence-corrected chi connectivity index (χ2v) is 6.06. The van der Waals surface area contributed by atoms with Crippen LogP contribution < -0.4 is 10.6 Å². The van der Waals surface area contributed by atoms with E-state index in [1.165, 1.54) is 6.42 Å². The molecule has 0 radical (unpaired) electrons. The summed E-state index contributed by atoms with van der Waals surface area (Å²) < 4.78 is 0. The highest BCUT2D eigenvalue weighted by molar-refractivity contribution is 5.78. The molecule has 1 atom stereocenters. The van der Waals surface area contributed by atoms with Gasteiger partial charge in [-0.15, -0.1) is 0 Å². The number of rotatable bonds is 7. The molecule has 0 heterocycles. The van der Waals surface area contributed by atoms with Crippen LogP contribution in [0.5, 0.6) is 0 Å². The maximum absolute atomic E-state index is 11.6. The summed E-state index contributed by atoms with van der Waals surface area (Å²) in [5.41, 5.74) is -0.609. The third-order valence-corrected chi connectivity index (χ3v) is 4.37. The summed E-state index contributed by atoms with van der Waals surface area (Å²) in [4.78, 5) is 11.6. The van der Waals surface area contributed by atoms with E-state index in [1.54, 1.807) is 0 Å². The zero-order valence-corrected chi connectivity index (χ0v) is 12.7. The summed E-state index contributed by atoms with van der Waals surface area (Å²) in [7, 11) is 0. The van der Waals surface area contributed by atoms with Gasteiger partial charge in [-0.2, -0.15) is 0 Å². The van der Waals surface area contributed by atoms with Crippen LogP contribution in [-0.2, 0) is 4.79 Å². The fraction of sp³-hybridized carbons (Fsp3) is 0.933. The first-order valence-electron chi connectivity index (χ1n) is 7.71. The normalized spacial score (nSPS) is 28.9. The average molecular weight is 270 g/mol. The number of nitrogens with one attached hydrogen (secondary N) is 2. The van der Waals surface area contributed by atoms with Crippen LogP contribution in [0.4, 0.5) is 0 Å². The Labute approximate surface area is 117 Å². The van der Waals surface area contributed by atoms with Crippen LogP contribution in [0.3, 0.4) is 0 Å². The predicted octanol–water partition coefficient (Wildman–Crippen LogP) is 1.82. The summed E-state index contributed by atoms with van der Waals surface area (Å²) in [6, 6.07) is 0.220. The van der Waals surface area contributed by atoms with Gasteiger partial charge in [0, 0.05) is 12.6 Å². The molecule has 1 saturated carbocycles. The van der Waals surface area contributed by atoms with Gasteiger partial charge >= 0.3 is 0 Å². The summed E-state index contributed by atoms with van der Waals surface area (Å²) in [5, 5.41) is 16.4. The highest BCUT2D eigenvalue weighted by Crippen LogP contribution is 2.33. The van der Waals surface area contributed by atoms with Gasteiger partial charge in [-0.1, -0.05) is 20.3 Å². The molecular weight excluding hydrogens is 240 g/mol. The van der Waals surface area contributed by atoms with E-state index in [0.29, 0.717) is 13.1 Å². The molecule has 4 heteroatoms. The lowest BCUT2D eigenvalue weighted by Crippen LogP contribution is -2.47. The topological polar surface area (TPSA) is 61.4 Å². The Balaban J connectivity index is 2.20. The van der Waals surface area contributed by atoms with Gasteiger partial charge in [-0.25, -0.2) is 0 Å². The van der Waals surface area contributed by atoms with Gasteiger partial charge in [-0.05, 0) is 44.9 Å². The van der Waals surface area contributed by atoms with Crippen molar-refractivity contribution in [3.63, 3.8) is 0 Å². The molecule has 1 rings (SSSR count). The Morgan fingerprint density at radius 3 is 2.53 bits per heavy atom. The zero-order valence-electron chi connectivity index (χ0n) is 12.7. The SMILES string of the molecule is CCC1CCC(O)(CNCC(=O)NC(C)CC)CC1. The van der Waals surface area contributed by atoms with E-state index in [-0.39, 0.29) is 11.9 Å². The fourth-order valence-electron chi connectivity index (χ4n) is 2.64. The highest BCUT2D eigenvalue weighted by atomic mass is 16.3. The van der Waals surface area contributed by atoms with Crippen LogP contribution in [0.25, 0.3) is 0 Å². The lowest BCUT2D eigenvalue weighted by Gasteiger charge is -2.36. The van der Waals surface area contributed by atoms with E-state index in [0.717, 1.165) is 38.0 Å². The Morgan fingerprint density at radius 2 is 2.00 bits per heavy atom. The van der Waals surface area contributed by atoms with Crippen molar-refractivity contribution in [3.05, 3.63) is 0 Å². The fourth-order valence-corrected chi connectivity index (χ4v) is 2.64. The van der Waals surface area contributed by atoms with Crippen molar-refractivity contribution >= 4 is 5.91 Å². The van der Waals surface area contributed by atoms with Gasteiger partial charge in [0.05, 0.1) is 12.1 Å². The molecule has 19 heavy (non-hydrogen) atoms. The molecule has 4 nitrogen and oxygen atoms in total. The van der Waals surface area contributed by atoms with Crippen molar-refractivity contribution < 1.29 is 9.90 Å². The predicted molar refractivity (Wildman–Crippen MR) is 78.0 cm³/mol. The van der Waals surface area contributed by atoms with E-state index < -0.39 is 5.60 Å². The van der Waals surface area contributed by atoms with E-state index in [9.17, 15) is 9.90 Å². The molecule has 1 aliphatic rings. The maximum atomic E-state index is 11.6. The van der Waals surface area contributed by atoms with Crippen LogP contribution in [-0.4, -0.2) is 35.7 Å². The van der Waals surface area contributed by atoms with E-state index in [1.807, 2.05) is 13.8 Å². The van der Waals surface area contributed by atoms with Crippen LogP contribution >= 0.6 is 0 Å². The number of hydrogen-bond donors (Lipinski definition) is 3. The average Bonchev–Trinajstić information content (AvgIpc) is 2.39. The highest BCUT2D eigenvalue weighted by Gasteiger charge is 2.32. The quantitative estimate of drug-likeness (QED) is 0.661.